The smallest absolute Gasteiger partial charge is 0.264 e. The molecule has 242 valence electrons. The molecule has 4 aromatic rings. The van der Waals surface area contributed by atoms with Gasteiger partial charge >= 0.3 is 0 Å². The highest BCUT2D eigenvalue weighted by Gasteiger charge is 2.35. The van der Waals surface area contributed by atoms with E-state index in [1.165, 1.54) is 36.3 Å². The Bertz CT molecular complexity index is 1720. The molecular formula is C35H37Cl2N3O5S. The van der Waals surface area contributed by atoms with Crippen LogP contribution < -0.4 is 14.4 Å². The van der Waals surface area contributed by atoms with Gasteiger partial charge in [0, 0.05) is 24.0 Å². The summed E-state index contributed by atoms with van der Waals surface area (Å²) in [6.45, 7) is 3.28. The first-order valence-corrected chi connectivity index (χ1v) is 17.0. The summed E-state index contributed by atoms with van der Waals surface area (Å²) in [6.07, 6.45) is 0.901. The van der Waals surface area contributed by atoms with Gasteiger partial charge < -0.3 is 15.0 Å². The second-order valence-corrected chi connectivity index (χ2v) is 13.5. The molecule has 0 radical (unpaired) electrons. The van der Waals surface area contributed by atoms with Crippen molar-refractivity contribution in [2.75, 3.05) is 18.0 Å². The Morgan fingerprint density at radius 1 is 0.870 bits per heavy atom. The molecule has 46 heavy (non-hydrogen) atoms. The van der Waals surface area contributed by atoms with Crippen LogP contribution in [0.3, 0.4) is 0 Å². The minimum Gasteiger partial charge on any atom is -0.495 e. The molecule has 11 heteroatoms. The molecule has 2 atom stereocenters. The fraction of sp³-hybridized carbons (Fsp3) is 0.257. The fourth-order valence-electron chi connectivity index (χ4n) is 4.84. The van der Waals surface area contributed by atoms with Crippen molar-refractivity contribution in [2.24, 2.45) is 0 Å². The molecule has 0 aliphatic rings. The monoisotopic (exact) mass is 681 g/mol. The van der Waals surface area contributed by atoms with E-state index in [0.717, 1.165) is 15.4 Å². The average molecular weight is 683 g/mol. The molecule has 0 fully saturated rings. The van der Waals surface area contributed by atoms with E-state index in [2.05, 4.69) is 5.32 Å². The van der Waals surface area contributed by atoms with Crippen molar-refractivity contribution >= 4 is 50.7 Å². The van der Waals surface area contributed by atoms with Gasteiger partial charge in [-0.3, -0.25) is 13.9 Å². The van der Waals surface area contributed by atoms with Gasteiger partial charge in [-0.25, -0.2) is 8.42 Å². The first-order chi connectivity index (χ1) is 22.0. The number of halogens is 2. The maximum Gasteiger partial charge on any atom is 0.264 e. The summed E-state index contributed by atoms with van der Waals surface area (Å²) in [5, 5.41) is 3.72. The lowest BCUT2D eigenvalue weighted by Crippen LogP contribution is -2.54. The Kier molecular flexibility index (Phi) is 12.1. The van der Waals surface area contributed by atoms with Crippen LogP contribution in [0, 0.1) is 0 Å². The van der Waals surface area contributed by atoms with E-state index in [0.29, 0.717) is 17.2 Å². The number of hydrogen-bond acceptors (Lipinski definition) is 5. The predicted molar refractivity (Wildman–Crippen MR) is 183 cm³/mol. The molecule has 0 unspecified atom stereocenters. The number of carbonyl (C=O) groups excluding carboxylic acids is 2. The third-order valence-electron chi connectivity index (χ3n) is 7.57. The Balaban J connectivity index is 1.82. The lowest BCUT2D eigenvalue weighted by atomic mass is 10.0. The van der Waals surface area contributed by atoms with Gasteiger partial charge in [0.05, 0.1) is 22.7 Å². The zero-order chi connectivity index (χ0) is 33.3. The number of nitrogens with one attached hydrogen (secondary N) is 1. The van der Waals surface area contributed by atoms with Crippen molar-refractivity contribution in [1.82, 2.24) is 10.2 Å². The Labute approximate surface area is 280 Å². The molecule has 0 bridgehead atoms. The van der Waals surface area contributed by atoms with Gasteiger partial charge in [0.15, 0.2) is 0 Å². The van der Waals surface area contributed by atoms with Crippen LogP contribution in [0.4, 0.5) is 5.69 Å². The van der Waals surface area contributed by atoms with Gasteiger partial charge in [0.1, 0.15) is 18.3 Å². The number of sulfonamides is 1. The number of hydrogen-bond donors (Lipinski definition) is 1. The highest BCUT2D eigenvalue weighted by atomic mass is 35.5. The van der Waals surface area contributed by atoms with E-state index in [1.54, 1.807) is 48.5 Å². The molecule has 4 aromatic carbocycles. The zero-order valence-corrected chi connectivity index (χ0v) is 28.2. The molecular weight excluding hydrogens is 645 g/mol. The standard InChI is InChI=1S/C35H37Cl2N3O5S/c1-4-25(2)38-35(42)32(21-26-11-7-5-8-12-26)39(23-27-15-17-28(36)18-16-27)34(41)24-40(29-19-20-33(45-3)31(37)22-29)46(43,44)30-13-9-6-10-14-30/h5-20,22,25,32H,4,21,23-24H2,1-3H3,(H,38,42)/t25-,32+/m1/s1. The maximum atomic E-state index is 14.5. The SMILES string of the molecule is CC[C@@H](C)NC(=O)[C@H](Cc1ccccc1)N(Cc1ccc(Cl)cc1)C(=O)CN(c1ccc(OC)c(Cl)c1)S(=O)(=O)c1ccccc1. The minimum absolute atomic E-state index is 0.00524. The van der Waals surface area contributed by atoms with Crippen LogP contribution in [0.5, 0.6) is 5.75 Å². The molecule has 1 N–H and O–H groups in total. The minimum atomic E-state index is -4.26. The number of ether oxygens (including phenoxy) is 1. The van der Waals surface area contributed by atoms with Crippen LogP contribution in [0.25, 0.3) is 0 Å². The molecule has 0 saturated heterocycles. The van der Waals surface area contributed by atoms with Gasteiger partial charge in [-0.2, -0.15) is 0 Å². The van der Waals surface area contributed by atoms with Gasteiger partial charge in [-0.15, -0.1) is 0 Å². The second-order valence-electron chi connectivity index (χ2n) is 10.8. The molecule has 8 nitrogen and oxygen atoms in total. The quantitative estimate of drug-likeness (QED) is 0.159. The number of anilines is 1. The Hall–Kier alpha value is -4.05. The Morgan fingerprint density at radius 3 is 2.09 bits per heavy atom. The van der Waals surface area contributed by atoms with Crippen LogP contribution in [-0.4, -0.2) is 50.9 Å². The van der Waals surface area contributed by atoms with Crippen LogP contribution >= 0.6 is 23.2 Å². The number of carbonyl (C=O) groups is 2. The van der Waals surface area contributed by atoms with E-state index < -0.39 is 28.5 Å². The first-order valence-electron chi connectivity index (χ1n) is 14.8. The summed E-state index contributed by atoms with van der Waals surface area (Å²) in [5.74, 6) is -0.574. The van der Waals surface area contributed by atoms with Crippen LogP contribution in [0.15, 0.2) is 108 Å². The molecule has 2 amide bonds. The molecule has 0 saturated carbocycles. The number of rotatable bonds is 14. The largest absolute Gasteiger partial charge is 0.495 e. The third-order valence-corrected chi connectivity index (χ3v) is 9.91. The molecule has 0 aliphatic heterocycles. The van der Waals surface area contributed by atoms with E-state index in [4.69, 9.17) is 27.9 Å². The van der Waals surface area contributed by atoms with Gasteiger partial charge in [0.25, 0.3) is 10.0 Å². The van der Waals surface area contributed by atoms with Crippen LogP contribution in [0.2, 0.25) is 10.0 Å². The van der Waals surface area contributed by atoms with E-state index in [-0.39, 0.29) is 40.5 Å². The summed E-state index contributed by atoms with van der Waals surface area (Å²) in [4.78, 5) is 29.9. The zero-order valence-electron chi connectivity index (χ0n) is 25.9. The molecule has 0 spiro atoms. The van der Waals surface area contributed by atoms with E-state index in [1.807, 2.05) is 44.2 Å². The topological polar surface area (TPSA) is 96.0 Å². The summed E-state index contributed by atoms with van der Waals surface area (Å²) >= 11 is 12.6. The van der Waals surface area contributed by atoms with Crippen molar-refractivity contribution in [3.8, 4) is 5.75 Å². The lowest BCUT2D eigenvalue weighted by molar-refractivity contribution is -0.140. The molecule has 0 aromatic heterocycles. The van der Waals surface area contributed by atoms with Crippen molar-refractivity contribution in [3.05, 3.63) is 124 Å². The highest BCUT2D eigenvalue weighted by Crippen LogP contribution is 2.32. The van der Waals surface area contributed by atoms with Gasteiger partial charge in [0.2, 0.25) is 11.8 Å². The summed E-state index contributed by atoms with van der Waals surface area (Å²) in [7, 11) is -2.80. The third kappa shape index (κ3) is 8.81. The lowest BCUT2D eigenvalue weighted by Gasteiger charge is -2.34. The molecule has 0 heterocycles. The molecule has 0 aliphatic carbocycles. The number of nitrogens with zero attached hydrogens (tertiary/aromatic N) is 2. The summed E-state index contributed by atoms with van der Waals surface area (Å²) < 4.78 is 34.5. The number of methoxy groups -OCH3 is 1. The molecule has 4 rings (SSSR count). The summed E-state index contributed by atoms with van der Waals surface area (Å²) in [6, 6.07) is 27.6. The number of benzene rings is 4. The van der Waals surface area contributed by atoms with Crippen LogP contribution in [-0.2, 0) is 32.6 Å². The average Bonchev–Trinajstić information content (AvgIpc) is 3.06. The van der Waals surface area contributed by atoms with Crippen molar-refractivity contribution < 1.29 is 22.7 Å². The maximum absolute atomic E-state index is 14.5. The second kappa shape index (κ2) is 16.0. The normalized spacial score (nSPS) is 12.5. The highest BCUT2D eigenvalue weighted by molar-refractivity contribution is 7.92. The Morgan fingerprint density at radius 2 is 1.50 bits per heavy atom. The van der Waals surface area contributed by atoms with Gasteiger partial charge in [-0.05, 0) is 66.9 Å². The van der Waals surface area contributed by atoms with Gasteiger partial charge in [-0.1, -0.05) is 90.8 Å². The van der Waals surface area contributed by atoms with Crippen LogP contribution in [0.1, 0.15) is 31.4 Å². The fourth-order valence-corrected chi connectivity index (χ4v) is 6.65. The first kappa shape index (κ1) is 34.8. The number of amides is 2. The van der Waals surface area contributed by atoms with Crippen molar-refractivity contribution in [1.29, 1.82) is 0 Å². The van der Waals surface area contributed by atoms with E-state index >= 15 is 0 Å². The van der Waals surface area contributed by atoms with Crippen molar-refractivity contribution in [3.63, 3.8) is 0 Å². The van der Waals surface area contributed by atoms with Crippen molar-refractivity contribution in [2.45, 2.75) is 50.2 Å². The summed E-state index contributed by atoms with van der Waals surface area (Å²) in [5.41, 5.74) is 1.73. The van der Waals surface area contributed by atoms with E-state index in [9.17, 15) is 18.0 Å². The predicted octanol–water partition coefficient (Wildman–Crippen LogP) is 6.75.